The molecule has 1 amide bonds. The van der Waals surface area contributed by atoms with Gasteiger partial charge in [0, 0.05) is 19.7 Å². The Morgan fingerprint density at radius 2 is 2.50 bits per heavy atom. The van der Waals surface area contributed by atoms with Crippen LogP contribution in [0.5, 0.6) is 0 Å². The van der Waals surface area contributed by atoms with Crippen molar-refractivity contribution in [2.24, 2.45) is 0 Å². The normalized spacial score (nSPS) is 24.3. The minimum absolute atomic E-state index is 0.0159. The van der Waals surface area contributed by atoms with Crippen molar-refractivity contribution in [3.63, 3.8) is 0 Å². The van der Waals surface area contributed by atoms with E-state index >= 15 is 0 Å². The summed E-state index contributed by atoms with van der Waals surface area (Å²) in [6.07, 6.45) is 1.05. The van der Waals surface area contributed by atoms with Crippen molar-refractivity contribution >= 4 is 5.91 Å². The van der Waals surface area contributed by atoms with Crippen LogP contribution in [0.4, 0.5) is 0 Å². The number of likely N-dealkylation sites (tertiary alicyclic amines) is 1. The van der Waals surface area contributed by atoms with Crippen molar-refractivity contribution in [3.8, 4) is 0 Å². The second kappa shape index (κ2) is 4.42. The molecule has 1 rings (SSSR count). The number of methoxy groups -OCH3 is 1. The van der Waals surface area contributed by atoms with E-state index in [4.69, 9.17) is 4.74 Å². The average molecular weight is 172 g/mol. The highest BCUT2D eigenvalue weighted by atomic mass is 16.5. The number of carbonyl (C=O) groups is 1. The molecule has 0 bridgehead atoms. The molecule has 0 aliphatic carbocycles. The average Bonchev–Trinajstić information content (AvgIpc) is 2.36. The number of ether oxygens (including phenoxy) is 1. The molecule has 4 heteroatoms. The minimum atomic E-state index is -0.0159. The maximum absolute atomic E-state index is 11.1. The van der Waals surface area contributed by atoms with E-state index in [1.165, 1.54) is 7.11 Å². The molecular weight excluding hydrogens is 156 g/mol. The Hall–Kier alpha value is -0.610. The lowest BCUT2D eigenvalue weighted by Crippen LogP contribution is -2.38. The zero-order valence-electron chi connectivity index (χ0n) is 7.67. The van der Waals surface area contributed by atoms with Gasteiger partial charge < -0.3 is 15.0 Å². The molecule has 1 aliphatic rings. The first-order chi connectivity index (χ1) is 5.72. The van der Waals surface area contributed by atoms with Crippen LogP contribution in [-0.4, -0.2) is 50.7 Å². The van der Waals surface area contributed by atoms with Gasteiger partial charge in [0.1, 0.15) is 6.61 Å². The van der Waals surface area contributed by atoms with Gasteiger partial charge >= 0.3 is 0 Å². The summed E-state index contributed by atoms with van der Waals surface area (Å²) in [5.74, 6) is -0.0159. The summed E-state index contributed by atoms with van der Waals surface area (Å²) in [4.78, 5) is 13.3. The lowest BCUT2D eigenvalue weighted by atomic mass is 10.2. The monoisotopic (exact) mass is 172 g/mol. The molecule has 0 aromatic rings. The van der Waals surface area contributed by atoms with E-state index in [1.807, 2.05) is 0 Å². The topological polar surface area (TPSA) is 41.6 Å². The van der Waals surface area contributed by atoms with Crippen molar-refractivity contribution in [3.05, 3.63) is 0 Å². The predicted octanol–water partition coefficient (Wildman–Crippen LogP) is -0.547. The van der Waals surface area contributed by atoms with Crippen molar-refractivity contribution in [2.45, 2.75) is 12.5 Å². The van der Waals surface area contributed by atoms with E-state index < -0.39 is 0 Å². The van der Waals surface area contributed by atoms with Gasteiger partial charge in [-0.15, -0.1) is 0 Å². The predicted molar refractivity (Wildman–Crippen MR) is 45.9 cm³/mol. The van der Waals surface area contributed by atoms with E-state index in [0.29, 0.717) is 6.04 Å². The van der Waals surface area contributed by atoms with Gasteiger partial charge in [-0.05, 0) is 20.0 Å². The smallest absolute Gasteiger partial charge is 0.246 e. The molecule has 4 nitrogen and oxygen atoms in total. The number of nitrogens with one attached hydrogen (secondary N) is 1. The Morgan fingerprint density at radius 1 is 1.75 bits per heavy atom. The van der Waals surface area contributed by atoms with Crippen molar-refractivity contribution in [1.29, 1.82) is 0 Å². The first kappa shape index (κ1) is 9.48. The van der Waals surface area contributed by atoms with Gasteiger partial charge in [0.05, 0.1) is 0 Å². The number of likely N-dealkylation sites (N-methyl/N-ethyl adjacent to an activating group) is 1. The number of hydrogen-bond acceptors (Lipinski definition) is 3. The lowest BCUT2D eigenvalue weighted by Gasteiger charge is -2.11. The van der Waals surface area contributed by atoms with Crippen LogP contribution >= 0.6 is 0 Å². The van der Waals surface area contributed by atoms with Crippen LogP contribution in [0.25, 0.3) is 0 Å². The molecule has 1 atom stereocenters. The molecule has 0 aromatic heterocycles. The second-order valence-corrected chi connectivity index (χ2v) is 3.25. The van der Waals surface area contributed by atoms with Crippen LogP contribution in [-0.2, 0) is 9.53 Å². The van der Waals surface area contributed by atoms with Gasteiger partial charge in [-0.1, -0.05) is 0 Å². The highest BCUT2D eigenvalue weighted by Gasteiger charge is 2.20. The highest BCUT2D eigenvalue weighted by Crippen LogP contribution is 2.05. The maximum atomic E-state index is 11.1. The molecule has 1 N–H and O–H groups in total. The van der Waals surface area contributed by atoms with Gasteiger partial charge in [0.2, 0.25) is 5.91 Å². The maximum Gasteiger partial charge on any atom is 0.246 e. The molecular formula is C8H16N2O2. The molecule has 0 saturated carbocycles. The Balaban J connectivity index is 2.18. The van der Waals surface area contributed by atoms with E-state index in [0.717, 1.165) is 19.5 Å². The SMILES string of the molecule is COCC(=O)NC1CCN(C)C1. The molecule has 70 valence electrons. The van der Waals surface area contributed by atoms with Gasteiger partial charge in [0.25, 0.3) is 0 Å². The molecule has 1 aliphatic heterocycles. The quantitative estimate of drug-likeness (QED) is 0.621. The minimum Gasteiger partial charge on any atom is -0.375 e. The van der Waals surface area contributed by atoms with Gasteiger partial charge in [-0.25, -0.2) is 0 Å². The first-order valence-corrected chi connectivity index (χ1v) is 4.19. The number of amides is 1. The summed E-state index contributed by atoms with van der Waals surface area (Å²) in [6.45, 7) is 2.19. The lowest BCUT2D eigenvalue weighted by molar-refractivity contribution is -0.125. The molecule has 1 unspecified atom stereocenters. The zero-order chi connectivity index (χ0) is 8.97. The third-order valence-electron chi connectivity index (χ3n) is 2.03. The molecule has 12 heavy (non-hydrogen) atoms. The van der Waals surface area contributed by atoms with Gasteiger partial charge in [-0.2, -0.15) is 0 Å². The second-order valence-electron chi connectivity index (χ2n) is 3.25. The fraction of sp³-hybridized carbons (Fsp3) is 0.875. The summed E-state index contributed by atoms with van der Waals surface area (Å²) < 4.78 is 4.72. The Kier molecular flexibility index (Phi) is 3.49. The number of rotatable bonds is 3. The summed E-state index contributed by atoms with van der Waals surface area (Å²) in [6, 6.07) is 0.317. The zero-order valence-corrected chi connectivity index (χ0v) is 7.67. The molecule has 1 fully saturated rings. The molecule has 0 aromatic carbocycles. The molecule has 0 radical (unpaired) electrons. The molecule has 0 spiro atoms. The van der Waals surface area contributed by atoms with Crippen LogP contribution in [0, 0.1) is 0 Å². The Labute approximate surface area is 72.9 Å². The number of hydrogen-bond donors (Lipinski definition) is 1. The van der Waals surface area contributed by atoms with Gasteiger partial charge in [0.15, 0.2) is 0 Å². The van der Waals surface area contributed by atoms with Crippen LogP contribution in [0.2, 0.25) is 0 Å². The summed E-state index contributed by atoms with van der Waals surface area (Å²) in [5.41, 5.74) is 0. The Bertz CT molecular complexity index is 161. The van der Waals surface area contributed by atoms with Gasteiger partial charge in [-0.3, -0.25) is 4.79 Å². The third kappa shape index (κ3) is 2.79. The fourth-order valence-electron chi connectivity index (χ4n) is 1.45. The molecule has 1 saturated heterocycles. The third-order valence-corrected chi connectivity index (χ3v) is 2.03. The summed E-state index contributed by atoms with van der Waals surface area (Å²) in [5, 5.41) is 2.90. The highest BCUT2D eigenvalue weighted by molar-refractivity contribution is 5.77. The van der Waals surface area contributed by atoms with Crippen LogP contribution in [0.3, 0.4) is 0 Å². The largest absolute Gasteiger partial charge is 0.375 e. The standard InChI is InChI=1S/C8H16N2O2/c1-10-4-3-7(5-10)9-8(11)6-12-2/h7H,3-6H2,1-2H3,(H,9,11). The van der Waals surface area contributed by atoms with E-state index in [-0.39, 0.29) is 12.5 Å². The van der Waals surface area contributed by atoms with E-state index in [1.54, 1.807) is 0 Å². The van der Waals surface area contributed by atoms with Crippen molar-refractivity contribution in [2.75, 3.05) is 33.9 Å². The van der Waals surface area contributed by atoms with E-state index in [2.05, 4.69) is 17.3 Å². The van der Waals surface area contributed by atoms with E-state index in [9.17, 15) is 4.79 Å². The Morgan fingerprint density at radius 3 is 3.00 bits per heavy atom. The van der Waals surface area contributed by atoms with Crippen molar-refractivity contribution < 1.29 is 9.53 Å². The number of nitrogens with zero attached hydrogens (tertiary/aromatic N) is 1. The summed E-state index contributed by atoms with van der Waals surface area (Å²) in [7, 11) is 3.59. The van der Waals surface area contributed by atoms with Crippen LogP contribution < -0.4 is 5.32 Å². The van der Waals surface area contributed by atoms with Crippen molar-refractivity contribution in [1.82, 2.24) is 10.2 Å². The first-order valence-electron chi connectivity index (χ1n) is 4.19. The van der Waals surface area contributed by atoms with Crippen LogP contribution in [0.1, 0.15) is 6.42 Å². The number of carbonyl (C=O) groups excluding carboxylic acids is 1. The fourth-order valence-corrected chi connectivity index (χ4v) is 1.45. The molecule has 1 heterocycles. The van der Waals surface area contributed by atoms with Crippen LogP contribution in [0.15, 0.2) is 0 Å². The summed E-state index contributed by atoms with van der Waals surface area (Å²) >= 11 is 0.